The van der Waals surface area contributed by atoms with Gasteiger partial charge in [0.05, 0.1) is 29.9 Å². The maximum atomic E-state index is 13.5. The Morgan fingerprint density at radius 1 is 1.27 bits per heavy atom. The number of ether oxygens (including phenoxy) is 1. The lowest BCUT2D eigenvalue weighted by molar-refractivity contribution is 0.0690. The summed E-state index contributed by atoms with van der Waals surface area (Å²) in [6.07, 6.45) is 5.94. The van der Waals surface area contributed by atoms with Crippen LogP contribution in [-0.4, -0.2) is 45.4 Å². The van der Waals surface area contributed by atoms with Crippen molar-refractivity contribution in [1.29, 1.82) is 0 Å². The number of hydrogen-bond acceptors (Lipinski definition) is 5. The van der Waals surface area contributed by atoms with E-state index in [2.05, 4.69) is 9.97 Å². The molecule has 0 N–H and O–H groups in total. The van der Waals surface area contributed by atoms with Crippen LogP contribution >= 0.6 is 11.6 Å². The number of nitrogens with zero attached hydrogens (tertiary/aromatic N) is 4. The first kappa shape index (κ1) is 21.5. The molecule has 4 aromatic rings. The number of piperidine rings is 1. The minimum atomic E-state index is -0.0484. The third-order valence-electron chi connectivity index (χ3n) is 6.15. The highest BCUT2D eigenvalue weighted by Gasteiger charge is 2.30. The molecule has 0 saturated carbocycles. The minimum Gasteiger partial charge on any atom is -0.496 e. The molecule has 1 aromatic carbocycles. The van der Waals surface area contributed by atoms with E-state index in [4.69, 9.17) is 20.8 Å². The van der Waals surface area contributed by atoms with Gasteiger partial charge in [-0.15, -0.1) is 0 Å². The van der Waals surface area contributed by atoms with Gasteiger partial charge in [0, 0.05) is 31.3 Å². The van der Waals surface area contributed by atoms with Crippen molar-refractivity contribution in [2.24, 2.45) is 0 Å². The van der Waals surface area contributed by atoms with Crippen molar-refractivity contribution in [2.45, 2.75) is 32.1 Å². The highest BCUT2D eigenvalue weighted by atomic mass is 35.5. The van der Waals surface area contributed by atoms with Crippen LogP contribution in [0.4, 0.5) is 0 Å². The molecule has 7 nitrogen and oxygen atoms in total. The fraction of sp³-hybridized carbons (Fsp3) is 0.320. The molecule has 1 amide bonds. The largest absolute Gasteiger partial charge is 0.496 e. The van der Waals surface area contributed by atoms with Crippen LogP contribution < -0.4 is 4.74 Å². The fourth-order valence-corrected chi connectivity index (χ4v) is 4.70. The maximum Gasteiger partial charge on any atom is 0.272 e. The predicted molar refractivity (Wildman–Crippen MR) is 125 cm³/mol. The highest BCUT2D eigenvalue weighted by molar-refractivity contribution is 6.30. The topological polar surface area (TPSA) is 72.9 Å². The van der Waals surface area contributed by atoms with Gasteiger partial charge in [0.25, 0.3) is 5.91 Å². The van der Waals surface area contributed by atoms with E-state index in [1.165, 1.54) is 0 Å². The standard InChI is InChI=1S/C25H25ClN4O3/c1-16-23(30-15-19(26)9-10-22(30)28-16)25(31)29-11-5-7-18(14-29)24-27-13-20(33-24)12-17-6-3-4-8-21(17)32-2/h3-4,6,8-10,13,15,18H,5,7,11-12,14H2,1-2H3. The van der Waals surface area contributed by atoms with Gasteiger partial charge in [-0.1, -0.05) is 29.8 Å². The zero-order valence-electron chi connectivity index (χ0n) is 18.6. The molecule has 1 saturated heterocycles. The number of pyridine rings is 1. The quantitative estimate of drug-likeness (QED) is 0.420. The summed E-state index contributed by atoms with van der Waals surface area (Å²) in [7, 11) is 1.66. The van der Waals surface area contributed by atoms with E-state index in [-0.39, 0.29) is 11.8 Å². The summed E-state index contributed by atoms with van der Waals surface area (Å²) in [6.45, 7) is 3.10. The molecule has 8 heteroatoms. The van der Waals surface area contributed by atoms with E-state index >= 15 is 0 Å². The first-order chi connectivity index (χ1) is 16.0. The number of oxazole rings is 1. The number of likely N-dealkylation sites (tertiary alicyclic amines) is 1. The van der Waals surface area contributed by atoms with Crippen molar-refractivity contribution in [3.8, 4) is 5.75 Å². The molecule has 1 atom stereocenters. The lowest BCUT2D eigenvalue weighted by atomic mass is 9.97. The Labute approximate surface area is 197 Å². The van der Waals surface area contributed by atoms with E-state index in [1.54, 1.807) is 30.0 Å². The minimum absolute atomic E-state index is 0.0484. The Hall–Kier alpha value is -3.32. The third-order valence-corrected chi connectivity index (χ3v) is 6.37. The van der Waals surface area contributed by atoms with Gasteiger partial charge in [-0.2, -0.15) is 0 Å². The maximum absolute atomic E-state index is 13.5. The second kappa shape index (κ2) is 8.90. The summed E-state index contributed by atoms with van der Waals surface area (Å²) in [4.78, 5) is 24.4. The number of hydrogen-bond donors (Lipinski definition) is 0. The Bertz CT molecular complexity index is 1310. The number of benzene rings is 1. The summed E-state index contributed by atoms with van der Waals surface area (Å²) in [5, 5.41) is 0.563. The van der Waals surface area contributed by atoms with Crippen molar-refractivity contribution < 1.29 is 13.9 Å². The summed E-state index contributed by atoms with van der Waals surface area (Å²) >= 11 is 6.17. The molecule has 170 valence electrons. The van der Waals surface area contributed by atoms with Crippen LogP contribution in [0.2, 0.25) is 5.02 Å². The lowest BCUT2D eigenvalue weighted by Crippen LogP contribution is -2.40. The number of carbonyl (C=O) groups excluding carboxylic acids is 1. The molecule has 1 aliphatic heterocycles. The number of methoxy groups -OCH3 is 1. The second-order valence-corrected chi connectivity index (χ2v) is 8.80. The molecule has 3 aromatic heterocycles. The van der Waals surface area contributed by atoms with Gasteiger partial charge < -0.3 is 14.1 Å². The molecule has 0 aliphatic carbocycles. The summed E-state index contributed by atoms with van der Waals surface area (Å²) in [5.41, 5.74) is 3.00. The molecule has 4 heterocycles. The van der Waals surface area contributed by atoms with E-state index < -0.39 is 0 Å². The SMILES string of the molecule is COc1ccccc1Cc1cnc(C2CCCN(C(=O)c3c(C)nc4ccc(Cl)cn34)C2)o1. The zero-order valence-corrected chi connectivity index (χ0v) is 19.4. The number of fused-ring (bicyclic) bond motifs is 1. The van der Waals surface area contributed by atoms with Crippen molar-refractivity contribution >= 4 is 23.2 Å². The van der Waals surface area contributed by atoms with Gasteiger partial charge in [0.1, 0.15) is 22.9 Å². The van der Waals surface area contributed by atoms with Crippen LogP contribution in [0.5, 0.6) is 5.75 Å². The van der Waals surface area contributed by atoms with Crippen LogP contribution in [0, 0.1) is 6.92 Å². The van der Waals surface area contributed by atoms with Gasteiger partial charge in [-0.3, -0.25) is 9.20 Å². The molecule has 0 radical (unpaired) electrons. The average Bonchev–Trinajstić information content (AvgIpc) is 3.42. The van der Waals surface area contributed by atoms with E-state index in [0.717, 1.165) is 29.9 Å². The van der Waals surface area contributed by atoms with Gasteiger partial charge in [-0.05, 0) is 38.0 Å². The molecule has 0 spiro atoms. The molecule has 1 aliphatic rings. The summed E-state index contributed by atoms with van der Waals surface area (Å²) < 4.78 is 13.3. The van der Waals surface area contributed by atoms with Crippen molar-refractivity contribution in [2.75, 3.05) is 20.2 Å². The first-order valence-electron chi connectivity index (χ1n) is 11.0. The Morgan fingerprint density at radius 2 is 2.12 bits per heavy atom. The van der Waals surface area contributed by atoms with Crippen LogP contribution in [0.15, 0.2) is 53.2 Å². The smallest absolute Gasteiger partial charge is 0.272 e. The molecule has 33 heavy (non-hydrogen) atoms. The number of halogens is 1. The number of para-hydroxylation sites is 1. The summed E-state index contributed by atoms with van der Waals surface area (Å²) in [6, 6.07) is 11.5. The number of imidazole rings is 1. The molecule has 0 bridgehead atoms. The Kier molecular flexibility index (Phi) is 5.81. The van der Waals surface area contributed by atoms with Gasteiger partial charge in [-0.25, -0.2) is 9.97 Å². The number of carbonyl (C=O) groups is 1. The zero-order chi connectivity index (χ0) is 22.9. The number of rotatable bonds is 5. The van der Waals surface area contributed by atoms with Gasteiger partial charge >= 0.3 is 0 Å². The predicted octanol–water partition coefficient (Wildman–Crippen LogP) is 4.90. The molecule has 1 fully saturated rings. The van der Waals surface area contributed by atoms with E-state index in [9.17, 15) is 4.79 Å². The molecule has 5 rings (SSSR count). The van der Waals surface area contributed by atoms with Crippen LogP contribution in [0.1, 0.15) is 52.2 Å². The van der Waals surface area contributed by atoms with Crippen molar-refractivity contribution in [1.82, 2.24) is 19.3 Å². The Balaban J connectivity index is 1.34. The van der Waals surface area contributed by atoms with Crippen LogP contribution in [-0.2, 0) is 6.42 Å². The molecule has 1 unspecified atom stereocenters. The normalized spacial score (nSPS) is 16.3. The highest BCUT2D eigenvalue weighted by Crippen LogP contribution is 2.30. The van der Waals surface area contributed by atoms with E-state index in [0.29, 0.717) is 47.5 Å². The van der Waals surface area contributed by atoms with Gasteiger partial charge in [0.15, 0.2) is 5.89 Å². The Morgan fingerprint density at radius 3 is 2.97 bits per heavy atom. The fourth-order valence-electron chi connectivity index (χ4n) is 4.54. The average molecular weight is 465 g/mol. The van der Waals surface area contributed by atoms with Crippen LogP contribution in [0.25, 0.3) is 5.65 Å². The van der Waals surface area contributed by atoms with Crippen LogP contribution in [0.3, 0.4) is 0 Å². The van der Waals surface area contributed by atoms with Crippen molar-refractivity contribution in [3.05, 3.63) is 82.4 Å². The molecular formula is C25H25ClN4O3. The lowest BCUT2D eigenvalue weighted by Gasteiger charge is -2.31. The number of aryl methyl sites for hydroxylation is 1. The third kappa shape index (κ3) is 4.20. The first-order valence-corrected chi connectivity index (χ1v) is 11.4. The monoisotopic (exact) mass is 464 g/mol. The van der Waals surface area contributed by atoms with Crippen molar-refractivity contribution in [3.63, 3.8) is 0 Å². The number of aromatic nitrogens is 3. The van der Waals surface area contributed by atoms with Gasteiger partial charge in [0.2, 0.25) is 0 Å². The molecular weight excluding hydrogens is 440 g/mol. The van der Waals surface area contributed by atoms with E-state index in [1.807, 2.05) is 42.2 Å². The number of amides is 1. The summed E-state index contributed by atoms with van der Waals surface area (Å²) in [5.74, 6) is 2.29. The second-order valence-electron chi connectivity index (χ2n) is 8.37.